The van der Waals surface area contributed by atoms with Crippen LogP contribution in [0.3, 0.4) is 0 Å². The lowest BCUT2D eigenvalue weighted by atomic mass is 9.81. The highest BCUT2D eigenvalue weighted by molar-refractivity contribution is 5.93. The van der Waals surface area contributed by atoms with Crippen LogP contribution in [0.4, 0.5) is 35.1 Å². The Labute approximate surface area is 250 Å². The Bertz CT molecular complexity index is 1490. The summed E-state index contributed by atoms with van der Waals surface area (Å²) in [5.74, 6) is -4.81. The number of carbonyl (C=O) groups excluding carboxylic acids is 1. The van der Waals surface area contributed by atoms with Crippen molar-refractivity contribution in [2.75, 3.05) is 0 Å². The second-order valence-corrected chi connectivity index (χ2v) is 11.6. The number of aliphatic hydroxyl groups excluding tert-OH is 2. The van der Waals surface area contributed by atoms with Crippen molar-refractivity contribution >= 4 is 11.6 Å². The van der Waals surface area contributed by atoms with Crippen molar-refractivity contribution in [3.8, 4) is 0 Å². The minimum absolute atomic E-state index is 0.00528. The number of amides is 1. The predicted molar refractivity (Wildman–Crippen MR) is 137 cm³/mol. The smallest absolute Gasteiger partial charge is 0.379 e. The van der Waals surface area contributed by atoms with Crippen LogP contribution < -0.4 is 10.6 Å². The standard InChI is InChI=1S/C26H30F8N8O3/c27-24(28)6-3-14(4-7-24)19(38-23(45)20-21(26(32,33)34)42(40-39-20)11-13-1-2-13)16-12-41-17(36-16)9-15(10-35-41)22(44)37-18(43)5-8-25(29,30)31/h9-10,12-14,18-19,22,37,43-44H,1-8,11H2,(H,38,45)/t18?,19?,22-/m1/s1. The molecule has 4 N–H and O–H groups in total. The van der Waals surface area contributed by atoms with Gasteiger partial charge < -0.3 is 15.5 Å². The number of aromatic nitrogens is 6. The molecular weight excluding hydrogens is 624 g/mol. The highest BCUT2D eigenvalue weighted by Gasteiger charge is 2.44. The van der Waals surface area contributed by atoms with Gasteiger partial charge in [-0.3, -0.25) is 10.1 Å². The molecule has 0 radical (unpaired) electrons. The summed E-state index contributed by atoms with van der Waals surface area (Å²) in [6.45, 7) is -0.0588. The fraction of sp³-hybridized carbons (Fsp3) is 0.654. The highest BCUT2D eigenvalue weighted by Crippen LogP contribution is 2.42. The zero-order valence-corrected chi connectivity index (χ0v) is 23.5. The molecule has 0 aromatic carbocycles. The van der Waals surface area contributed by atoms with E-state index in [1.807, 2.05) is 0 Å². The summed E-state index contributed by atoms with van der Waals surface area (Å²) >= 11 is 0. The van der Waals surface area contributed by atoms with Crippen molar-refractivity contribution in [3.05, 3.63) is 41.1 Å². The first-order valence-electron chi connectivity index (χ1n) is 14.2. The zero-order valence-electron chi connectivity index (χ0n) is 23.5. The SMILES string of the molecule is O=C(NC(c1cn2ncc([C@@H](O)NC(O)CCC(F)(F)F)cc2n1)C1CCC(F)(F)CC1)c1nnn(CC2CC2)c1C(F)(F)F. The average Bonchev–Trinajstić information content (AvgIpc) is 3.48. The largest absolute Gasteiger partial charge is 0.435 e. The van der Waals surface area contributed by atoms with Gasteiger partial charge in [0.15, 0.2) is 17.0 Å². The number of nitrogens with zero attached hydrogens (tertiary/aromatic N) is 6. The van der Waals surface area contributed by atoms with Gasteiger partial charge in [0.2, 0.25) is 5.92 Å². The predicted octanol–water partition coefficient (Wildman–Crippen LogP) is 4.29. The third kappa shape index (κ3) is 8.23. The molecular formula is C26H30F8N8O3. The topological polar surface area (TPSA) is 142 Å². The van der Waals surface area contributed by atoms with E-state index in [1.54, 1.807) is 0 Å². The van der Waals surface area contributed by atoms with Crippen LogP contribution in [0.25, 0.3) is 5.65 Å². The van der Waals surface area contributed by atoms with E-state index in [1.165, 1.54) is 16.8 Å². The van der Waals surface area contributed by atoms with E-state index in [4.69, 9.17) is 0 Å². The molecule has 19 heteroatoms. The molecule has 3 aromatic rings. The summed E-state index contributed by atoms with van der Waals surface area (Å²) in [4.78, 5) is 17.7. The van der Waals surface area contributed by atoms with Crippen molar-refractivity contribution < 1.29 is 50.1 Å². The van der Waals surface area contributed by atoms with E-state index < -0.39 is 85.7 Å². The Morgan fingerprint density at radius 1 is 1.09 bits per heavy atom. The third-order valence-corrected chi connectivity index (χ3v) is 7.91. The second-order valence-electron chi connectivity index (χ2n) is 11.6. The lowest BCUT2D eigenvalue weighted by Crippen LogP contribution is -2.38. The maximum absolute atomic E-state index is 14.0. The Morgan fingerprint density at radius 2 is 1.78 bits per heavy atom. The summed E-state index contributed by atoms with van der Waals surface area (Å²) in [7, 11) is 0. The Morgan fingerprint density at radius 3 is 2.40 bits per heavy atom. The molecule has 0 spiro atoms. The highest BCUT2D eigenvalue weighted by atomic mass is 19.4. The van der Waals surface area contributed by atoms with E-state index in [0.29, 0.717) is 4.68 Å². The monoisotopic (exact) mass is 654 g/mol. The molecule has 45 heavy (non-hydrogen) atoms. The molecule has 5 rings (SSSR count). The summed E-state index contributed by atoms with van der Waals surface area (Å²) < 4.78 is 109. The molecule has 0 bridgehead atoms. The van der Waals surface area contributed by atoms with E-state index in [9.17, 15) is 50.1 Å². The molecule has 11 nitrogen and oxygen atoms in total. The molecule has 2 unspecified atom stereocenters. The molecule has 2 aliphatic carbocycles. The van der Waals surface area contributed by atoms with Crippen molar-refractivity contribution in [1.82, 2.24) is 40.2 Å². The Hall–Kier alpha value is -3.45. The molecule has 2 fully saturated rings. The van der Waals surface area contributed by atoms with Crippen molar-refractivity contribution in [3.63, 3.8) is 0 Å². The zero-order chi connectivity index (χ0) is 32.7. The van der Waals surface area contributed by atoms with E-state index >= 15 is 0 Å². The third-order valence-electron chi connectivity index (χ3n) is 7.91. The van der Waals surface area contributed by atoms with Crippen LogP contribution >= 0.6 is 0 Å². The number of rotatable bonds is 11. The average molecular weight is 655 g/mol. The van der Waals surface area contributed by atoms with Gasteiger partial charge in [0.1, 0.15) is 12.5 Å². The van der Waals surface area contributed by atoms with Gasteiger partial charge in [0.05, 0.1) is 24.1 Å². The lowest BCUT2D eigenvalue weighted by Gasteiger charge is -2.33. The fourth-order valence-corrected chi connectivity index (χ4v) is 5.33. The number of carbonyl (C=O) groups is 1. The number of aliphatic hydroxyl groups is 2. The first kappa shape index (κ1) is 32.9. The molecule has 3 heterocycles. The van der Waals surface area contributed by atoms with Crippen LogP contribution in [0.2, 0.25) is 0 Å². The number of fused-ring (bicyclic) bond motifs is 1. The van der Waals surface area contributed by atoms with Gasteiger partial charge in [-0.2, -0.15) is 31.4 Å². The van der Waals surface area contributed by atoms with Gasteiger partial charge in [-0.05, 0) is 50.0 Å². The lowest BCUT2D eigenvalue weighted by molar-refractivity contribution is -0.144. The van der Waals surface area contributed by atoms with Crippen LogP contribution in [0.1, 0.15) is 91.1 Å². The summed E-state index contributed by atoms with van der Waals surface area (Å²) in [6, 6.07) is 0.143. The Kier molecular flexibility index (Phi) is 9.07. The quantitative estimate of drug-likeness (QED) is 0.177. The first-order chi connectivity index (χ1) is 21.0. The minimum Gasteiger partial charge on any atom is -0.379 e. The van der Waals surface area contributed by atoms with Gasteiger partial charge >= 0.3 is 12.4 Å². The Balaban J connectivity index is 1.40. The minimum atomic E-state index is -4.95. The molecule has 2 aliphatic rings. The van der Waals surface area contributed by atoms with Crippen LogP contribution in [0, 0.1) is 11.8 Å². The number of hydrogen-bond acceptors (Lipinski definition) is 8. The van der Waals surface area contributed by atoms with Gasteiger partial charge in [0.25, 0.3) is 5.91 Å². The summed E-state index contributed by atoms with van der Waals surface area (Å²) in [6.07, 6.45) is -12.1. The van der Waals surface area contributed by atoms with E-state index in [0.717, 1.165) is 19.0 Å². The normalized spacial score (nSPS) is 19.9. The number of nitrogens with one attached hydrogen (secondary N) is 2. The molecule has 3 atom stereocenters. The molecule has 3 aromatic heterocycles. The molecule has 248 valence electrons. The summed E-state index contributed by atoms with van der Waals surface area (Å²) in [5, 5.41) is 36.0. The number of halogens is 8. The van der Waals surface area contributed by atoms with Crippen molar-refractivity contribution in [1.29, 1.82) is 0 Å². The van der Waals surface area contributed by atoms with Crippen molar-refractivity contribution in [2.45, 2.75) is 94.7 Å². The van der Waals surface area contributed by atoms with Crippen LogP contribution in [-0.2, 0) is 12.7 Å². The van der Waals surface area contributed by atoms with E-state index in [-0.39, 0.29) is 42.2 Å². The van der Waals surface area contributed by atoms with E-state index in [2.05, 4.69) is 31.0 Å². The van der Waals surface area contributed by atoms with Crippen LogP contribution in [-0.4, -0.2) is 64.0 Å². The first-order valence-corrected chi connectivity index (χ1v) is 14.2. The van der Waals surface area contributed by atoms with Crippen LogP contribution in [0.15, 0.2) is 18.5 Å². The second kappa shape index (κ2) is 12.4. The van der Waals surface area contributed by atoms with Gasteiger partial charge in [-0.25, -0.2) is 23.0 Å². The molecule has 0 saturated heterocycles. The molecule has 0 aliphatic heterocycles. The van der Waals surface area contributed by atoms with Gasteiger partial charge in [0, 0.05) is 31.4 Å². The van der Waals surface area contributed by atoms with Gasteiger partial charge in [-0.15, -0.1) is 5.10 Å². The van der Waals surface area contributed by atoms with Crippen LogP contribution in [0.5, 0.6) is 0 Å². The molecule has 2 saturated carbocycles. The molecule has 1 amide bonds. The van der Waals surface area contributed by atoms with Gasteiger partial charge in [-0.1, -0.05) is 5.21 Å². The summed E-state index contributed by atoms with van der Waals surface area (Å²) in [5.41, 5.74) is -2.14. The number of hydrogen-bond donors (Lipinski definition) is 4. The van der Waals surface area contributed by atoms with Crippen molar-refractivity contribution in [2.24, 2.45) is 11.8 Å². The fourth-order valence-electron chi connectivity index (χ4n) is 5.33. The maximum Gasteiger partial charge on any atom is 0.435 e. The number of imidazole rings is 1. The maximum atomic E-state index is 14.0. The number of alkyl halides is 8.